The van der Waals surface area contributed by atoms with Crippen molar-refractivity contribution in [3.63, 3.8) is 0 Å². The van der Waals surface area contributed by atoms with Gasteiger partial charge in [-0.2, -0.15) is 0 Å². The summed E-state index contributed by atoms with van der Waals surface area (Å²) in [6, 6.07) is 5.92. The summed E-state index contributed by atoms with van der Waals surface area (Å²) in [6.45, 7) is 0. The van der Waals surface area contributed by atoms with Crippen molar-refractivity contribution in [1.29, 1.82) is 0 Å². The number of nitrogens with zero attached hydrogens (tertiary/aromatic N) is 1. The summed E-state index contributed by atoms with van der Waals surface area (Å²) in [5, 5.41) is 11.7. The van der Waals surface area contributed by atoms with E-state index in [0.29, 0.717) is 5.02 Å². The average molecular weight is 295 g/mol. The maximum absolute atomic E-state index is 13.0. The molecule has 0 saturated heterocycles. The molecular weight excluding hydrogens is 287 g/mol. The zero-order valence-corrected chi connectivity index (χ0v) is 10.7. The Hall–Kier alpha value is -2.47. The van der Waals surface area contributed by atoms with E-state index in [1.165, 1.54) is 24.4 Å². The Bertz CT molecular complexity index is 674. The van der Waals surface area contributed by atoms with Gasteiger partial charge < -0.3 is 10.4 Å². The Morgan fingerprint density at radius 1 is 1.25 bits per heavy atom. The van der Waals surface area contributed by atoms with Crippen molar-refractivity contribution < 1.29 is 19.1 Å². The van der Waals surface area contributed by atoms with Crippen LogP contribution in [0.4, 0.5) is 10.1 Å². The highest BCUT2D eigenvalue weighted by Gasteiger charge is 2.15. The molecule has 0 atom stereocenters. The van der Waals surface area contributed by atoms with Crippen LogP contribution in [-0.2, 0) is 0 Å². The van der Waals surface area contributed by atoms with Crippen LogP contribution in [0.3, 0.4) is 0 Å². The van der Waals surface area contributed by atoms with Crippen LogP contribution in [0.2, 0.25) is 5.02 Å². The molecule has 0 aliphatic heterocycles. The molecule has 1 heterocycles. The number of carbonyl (C=O) groups excluding carboxylic acids is 1. The van der Waals surface area contributed by atoms with Gasteiger partial charge in [0.2, 0.25) is 0 Å². The van der Waals surface area contributed by atoms with Crippen molar-refractivity contribution in [2.75, 3.05) is 5.32 Å². The van der Waals surface area contributed by atoms with Gasteiger partial charge in [-0.25, -0.2) is 14.2 Å². The summed E-state index contributed by atoms with van der Waals surface area (Å²) in [5.41, 5.74) is -0.289. The fourth-order valence-corrected chi connectivity index (χ4v) is 1.61. The number of carboxylic acids is 1. The monoisotopic (exact) mass is 294 g/mol. The SMILES string of the molecule is O=C(Nc1ccc(F)cc1C(=O)O)c1ccc(Cl)cn1. The van der Waals surface area contributed by atoms with Crippen molar-refractivity contribution in [3.05, 3.63) is 58.6 Å². The van der Waals surface area contributed by atoms with Crippen molar-refractivity contribution in [3.8, 4) is 0 Å². The summed E-state index contributed by atoms with van der Waals surface area (Å²) in [5.74, 6) is -2.66. The third kappa shape index (κ3) is 3.10. The molecule has 0 aliphatic rings. The number of aromatic nitrogens is 1. The second kappa shape index (κ2) is 5.66. The summed E-state index contributed by atoms with van der Waals surface area (Å²) >= 11 is 5.65. The third-order valence-corrected chi connectivity index (χ3v) is 2.64. The van der Waals surface area contributed by atoms with Crippen LogP contribution in [0.25, 0.3) is 0 Å². The molecule has 1 aromatic heterocycles. The normalized spacial score (nSPS) is 10.1. The van der Waals surface area contributed by atoms with Crippen LogP contribution in [0.1, 0.15) is 20.8 Å². The maximum atomic E-state index is 13.0. The van der Waals surface area contributed by atoms with E-state index in [2.05, 4.69) is 10.3 Å². The van der Waals surface area contributed by atoms with Crippen molar-refractivity contribution in [2.24, 2.45) is 0 Å². The first kappa shape index (κ1) is 14.0. The van der Waals surface area contributed by atoms with Crippen molar-refractivity contribution in [2.45, 2.75) is 0 Å². The van der Waals surface area contributed by atoms with Gasteiger partial charge in [0, 0.05) is 6.20 Å². The summed E-state index contributed by atoms with van der Waals surface area (Å²) in [6.07, 6.45) is 1.29. The van der Waals surface area contributed by atoms with Crippen LogP contribution >= 0.6 is 11.6 Å². The molecule has 102 valence electrons. The molecule has 1 aromatic carbocycles. The zero-order chi connectivity index (χ0) is 14.7. The molecular formula is C13H8ClFN2O3. The predicted molar refractivity (Wildman–Crippen MR) is 70.6 cm³/mol. The van der Waals surface area contributed by atoms with Gasteiger partial charge in [0.05, 0.1) is 16.3 Å². The predicted octanol–water partition coefficient (Wildman–Crippen LogP) is 2.82. The van der Waals surface area contributed by atoms with Gasteiger partial charge in [0.1, 0.15) is 11.5 Å². The van der Waals surface area contributed by atoms with Crippen LogP contribution in [0.5, 0.6) is 0 Å². The minimum Gasteiger partial charge on any atom is -0.478 e. The second-order valence-corrected chi connectivity index (χ2v) is 4.25. The lowest BCUT2D eigenvalue weighted by molar-refractivity contribution is 0.0697. The van der Waals surface area contributed by atoms with E-state index in [9.17, 15) is 14.0 Å². The Kier molecular flexibility index (Phi) is 3.95. The van der Waals surface area contributed by atoms with Gasteiger partial charge in [-0.05, 0) is 30.3 Å². The topological polar surface area (TPSA) is 79.3 Å². The Morgan fingerprint density at radius 3 is 2.60 bits per heavy atom. The van der Waals surface area contributed by atoms with Gasteiger partial charge in [0.25, 0.3) is 5.91 Å². The first-order chi connectivity index (χ1) is 9.47. The molecule has 2 rings (SSSR count). The number of benzene rings is 1. The van der Waals surface area contributed by atoms with E-state index in [4.69, 9.17) is 16.7 Å². The molecule has 2 aromatic rings. The number of carboxylic acid groups (broad SMARTS) is 1. The van der Waals surface area contributed by atoms with E-state index >= 15 is 0 Å². The van der Waals surface area contributed by atoms with Gasteiger partial charge in [-0.15, -0.1) is 0 Å². The van der Waals surface area contributed by atoms with Crippen molar-refractivity contribution in [1.82, 2.24) is 4.98 Å². The molecule has 0 bridgehead atoms. The molecule has 20 heavy (non-hydrogen) atoms. The lowest BCUT2D eigenvalue weighted by Crippen LogP contribution is -2.16. The first-order valence-electron chi connectivity index (χ1n) is 5.43. The number of anilines is 1. The smallest absolute Gasteiger partial charge is 0.337 e. The molecule has 0 aliphatic carbocycles. The molecule has 1 amide bonds. The summed E-state index contributed by atoms with van der Waals surface area (Å²) in [7, 11) is 0. The molecule has 5 nitrogen and oxygen atoms in total. The van der Waals surface area contributed by atoms with Crippen molar-refractivity contribution >= 4 is 29.2 Å². The number of amides is 1. The first-order valence-corrected chi connectivity index (χ1v) is 5.81. The number of pyridine rings is 1. The highest BCUT2D eigenvalue weighted by molar-refractivity contribution is 6.30. The highest BCUT2D eigenvalue weighted by Crippen LogP contribution is 2.18. The van der Waals surface area contributed by atoms with Gasteiger partial charge in [0.15, 0.2) is 0 Å². The number of hydrogen-bond acceptors (Lipinski definition) is 3. The van der Waals surface area contributed by atoms with E-state index in [0.717, 1.165) is 12.1 Å². The Balaban J connectivity index is 2.28. The van der Waals surface area contributed by atoms with Crippen LogP contribution in [0.15, 0.2) is 36.5 Å². The number of aromatic carboxylic acids is 1. The standard InChI is InChI=1S/C13H8ClFN2O3/c14-7-1-3-11(16-6-7)12(18)17-10-4-2-8(15)5-9(10)13(19)20/h1-6H,(H,17,18)(H,19,20). The lowest BCUT2D eigenvalue weighted by Gasteiger charge is -2.08. The van der Waals surface area contributed by atoms with Crippen LogP contribution in [-0.4, -0.2) is 22.0 Å². The fraction of sp³-hybridized carbons (Fsp3) is 0. The zero-order valence-electron chi connectivity index (χ0n) is 9.93. The van der Waals surface area contributed by atoms with Gasteiger partial charge in [-0.3, -0.25) is 4.79 Å². The fourth-order valence-electron chi connectivity index (χ4n) is 1.50. The minimum atomic E-state index is -1.34. The number of nitrogens with one attached hydrogen (secondary N) is 1. The van der Waals surface area contributed by atoms with Crippen LogP contribution < -0.4 is 5.32 Å². The van der Waals surface area contributed by atoms with E-state index in [-0.39, 0.29) is 16.9 Å². The molecule has 0 saturated carbocycles. The molecule has 0 spiro atoms. The quantitative estimate of drug-likeness (QED) is 0.912. The number of hydrogen-bond donors (Lipinski definition) is 2. The average Bonchev–Trinajstić information content (AvgIpc) is 2.41. The second-order valence-electron chi connectivity index (χ2n) is 3.81. The largest absolute Gasteiger partial charge is 0.478 e. The Labute approximate surface area is 118 Å². The molecule has 0 fully saturated rings. The summed E-state index contributed by atoms with van der Waals surface area (Å²) < 4.78 is 13.0. The maximum Gasteiger partial charge on any atom is 0.337 e. The molecule has 0 radical (unpaired) electrons. The number of carbonyl (C=O) groups is 2. The lowest BCUT2D eigenvalue weighted by atomic mass is 10.1. The molecule has 2 N–H and O–H groups in total. The van der Waals surface area contributed by atoms with Gasteiger partial charge in [-0.1, -0.05) is 11.6 Å². The van der Waals surface area contributed by atoms with E-state index < -0.39 is 17.7 Å². The highest BCUT2D eigenvalue weighted by atomic mass is 35.5. The molecule has 7 heteroatoms. The van der Waals surface area contributed by atoms with Crippen LogP contribution in [0, 0.1) is 5.82 Å². The van der Waals surface area contributed by atoms with Gasteiger partial charge >= 0.3 is 5.97 Å². The third-order valence-electron chi connectivity index (χ3n) is 2.42. The minimum absolute atomic E-state index is 0.0133. The summed E-state index contributed by atoms with van der Waals surface area (Å²) in [4.78, 5) is 26.7. The molecule has 0 unspecified atom stereocenters. The van der Waals surface area contributed by atoms with E-state index in [1.54, 1.807) is 0 Å². The Morgan fingerprint density at radius 2 is 2.00 bits per heavy atom. The van der Waals surface area contributed by atoms with E-state index in [1.807, 2.05) is 0 Å². The number of halogens is 2. The number of rotatable bonds is 3.